The number of hydrogen-bond acceptors (Lipinski definition) is 9. The summed E-state index contributed by atoms with van der Waals surface area (Å²) in [5.74, 6) is -5.74. The number of nitrogens with one attached hydrogen (secondary N) is 4. The van der Waals surface area contributed by atoms with Gasteiger partial charge in [0.25, 0.3) is 5.97 Å². The Hall–Kier alpha value is -3.99. The van der Waals surface area contributed by atoms with Crippen molar-refractivity contribution in [3.8, 4) is 0 Å². The zero-order valence-electron chi connectivity index (χ0n) is 23.8. The lowest BCUT2D eigenvalue weighted by molar-refractivity contribution is -0.141. The van der Waals surface area contributed by atoms with Crippen molar-refractivity contribution in [2.75, 3.05) is 13.1 Å². The van der Waals surface area contributed by atoms with E-state index in [0.29, 0.717) is 32.2 Å². The maximum absolute atomic E-state index is 13.0. The topological polar surface area (TPSA) is 312 Å². The molecule has 5 atom stereocenters. The fraction of sp³-hybridized carbons (Fsp3) is 0.708. The molecule has 17 heteroatoms. The minimum Gasteiger partial charge on any atom is -0.481 e. The molecule has 14 N–H and O–H groups in total. The van der Waals surface area contributed by atoms with Gasteiger partial charge in [-0.15, -0.1) is 0 Å². The van der Waals surface area contributed by atoms with Crippen LogP contribution in [0.15, 0.2) is 0 Å². The lowest BCUT2D eigenvalue weighted by Crippen LogP contribution is -2.59. The molecule has 0 radical (unpaired) electrons. The second-order valence-corrected chi connectivity index (χ2v) is 9.34. The third-order valence-electron chi connectivity index (χ3n) is 5.74. The van der Waals surface area contributed by atoms with Gasteiger partial charge in [-0.2, -0.15) is 0 Å². The van der Waals surface area contributed by atoms with Crippen LogP contribution in [0.3, 0.4) is 0 Å². The van der Waals surface area contributed by atoms with E-state index in [2.05, 4.69) is 21.3 Å². The predicted octanol–water partition coefficient (Wildman–Crippen LogP) is -2.56. The van der Waals surface area contributed by atoms with Crippen LogP contribution in [0.5, 0.6) is 0 Å². The summed E-state index contributed by atoms with van der Waals surface area (Å²) in [4.78, 5) is 81.3. The van der Waals surface area contributed by atoms with Gasteiger partial charge in [-0.3, -0.25) is 28.8 Å². The number of carbonyl (C=O) groups is 7. The number of amides is 6. The van der Waals surface area contributed by atoms with Crippen molar-refractivity contribution >= 4 is 41.6 Å². The van der Waals surface area contributed by atoms with Crippen molar-refractivity contribution in [2.45, 2.75) is 89.9 Å². The van der Waals surface area contributed by atoms with Crippen LogP contribution in [0.2, 0.25) is 0 Å². The number of primary amides is 2. The Balaban J connectivity index is 0. The van der Waals surface area contributed by atoms with Crippen LogP contribution in [0, 0.1) is 5.92 Å². The van der Waals surface area contributed by atoms with E-state index in [1.165, 1.54) is 0 Å². The third kappa shape index (κ3) is 19.7. The molecule has 236 valence electrons. The van der Waals surface area contributed by atoms with Gasteiger partial charge in [-0.25, -0.2) is 4.79 Å². The number of hydrogen-bond donors (Lipinski definition) is 10. The highest BCUT2D eigenvalue weighted by atomic mass is 16.4. The van der Waals surface area contributed by atoms with E-state index in [9.17, 15) is 33.9 Å². The predicted molar refractivity (Wildman–Crippen MR) is 148 cm³/mol. The Bertz CT molecular complexity index is 883. The van der Waals surface area contributed by atoms with E-state index in [1.807, 2.05) is 0 Å². The van der Waals surface area contributed by atoms with Gasteiger partial charge in [-0.05, 0) is 38.1 Å². The van der Waals surface area contributed by atoms with Crippen LogP contribution in [-0.4, -0.2) is 89.1 Å². The normalized spacial score (nSPS) is 14.0. The summed E-state index contributed by atoms with van der Waals surface area (Å²) in [5, 5.41) is 26.3. The highest BCUT2D eigenvalue weighted by molar-refractivity contribution is 5.96. The number of carbonyl (C=O) groups excluding carboxylic acids is 5. The lowest BCUT2D eigenvalue weighted by atomic mass is 9.97. The maximum Gasteiger partial charge on any atom is 0.312 e. The second-order valence-electron chi connectivity index (χ2n) is 9.34. The molecule has 0 aliphatic rings. The van der Waals surface area contributed by atoms with Crippen molar-refractivity contribution in [1.82, 2.24) is 21.3 Å². The molecule has 0 rings (SSSR count). The van der Waals surface area contributed by atoms with E-state index in [4.69, 9.17) is 32.8 Å². The molecule has 0 aliphatic carbocycles. The average molecular weight is 591 g/mol. The smallest absolute Gasteiger partial charge is 0.312 e. The number of aliphatic carboxylic acids is 2. The summed E-state index contributed by atoms with van der Waals surface area (Å²) in [6.07, 6.45) is 1.63. The van der Waals surface area contributed by atoms with E-state index in [-0.39, 0.29) is 19.4 Å². The molecule has 0 saturated carbocycles. The second kappa shape index (κ2) is 21.8. The molecule has 0 fully saturated rings. The number of carboxylic acids is 2. The van der Waals surface area contributed by atoms with Crippen LogP contribution in [0.4, 0.5) is 4.79 Å². The van der Waals surface area contributed by atoms with Crippen LogP contribution >= 0.6 is 0 Å². The van der Waals surface area contributed by atoms with Gasteiger partial charge in [0.05, 0.1) is 12.5 Å². The van der Waals surface area contributed by atoms with Gasteiger partial charge in [0.15, 0.2) is 0 Å². The molecule has 0 aliphatic heterocycles. The SMILES string of the molecule is CC(=O)O.CCC(C)C(NC(=O)C(CC(=O)O)NC(=O)C(N)CCCCN)C(=O)NC(CCCNC(N)=O)C(N)=O. The molecule has 0 bridgehead atoms. The highest BCUT2D eigenvalue weighted by Gasteiger charge is 2.33. The molecule has 0 spiro atoms. The van der Waals surface area contributed by atoms with Gasteiger partial charge < -0.3 is 54.4 Å². The summed E-state index contributed by atoms with van der Waals surface area (Å²) in [7, 11) is 0. The summed E-state index contributed by atoms with van der Waals surface area (Å²) in [6.45, 7) is 5.12. The Morgan fingerprint density at radius 3 is 1.83 bits per heavy atom. The fourth-order valence-electron chi connectivity index (χ4n) is 3.32. The van der Waals surface area contributed by atoms with Crippen molar-refractivity contribution < 1.29 is 43.8 Å². The van der Waals surface area contributed by atoms with Crippen molar-refractivity contribution in [3.05, 3.63) is 0 Å². The number of unbranched alkanes of at least 4 members (excludes halogenated alkanes) is 1. The van der Waals surface area contributed by atoms with Gasteiger partial charge >= 0.3 is 12.0 Å². The standard InChI is InChI=1S/C22H42N8O7.C2H4O2/c1-3-12(2)17(21(36)28-14(18(25)33)8-6-10-27-22(26)37)30-20(35)15(11-16(31)32)29-19(34)13(24)7-4-5-9-23;1-2(3)4/h12-15,17H,3-11,23-24H2,1-2H3,(H2,25,33)(H,28,36)(H,29,34)(H,30,35)(H,31,32)(H3,26,27,37);1H3,(H,3,4). The Labute approximate surface area is 238 Å². The Kier molecular flexibility index (Phi) is 20.8. The van der Waals surface area contributed by atoms with Crippen LogP contribution in [-0.2, 0) is 28.8 Å². The zero-order valence-corrected chi connectivity index (χ0v) is 23.8. The van der Waals surface area contributed by atoms with E-state index >= 15 is 0 Å². The molecule has 6 amide bonds. The largest absolute Gasteiger partial charge is 0.481 e. The van der Waals surface area contributed by atoms with Gasteiger partial charge in [0.1, 0.15) is 18.1 Å². The molecule has 0 saturated heterocycles. The molecule has 41 heavy (non-hydrogen) atoms. The van der Waals surface area contributed by atoms with Crippen molar-refractivity contribution in [2.24, 2.45) is 28.9 Å². The number of carboxylic acid groups (broad SMARTS) is 2. The van der Waals surface area contributed by atoms with Crippen LogP contribution in [0.1, 0.15) is 65.7 Å². The first kappa shape index (κ1) is 39.2. The summed E-state index contributed by atoms with van der Waals surface area (Å²) in [6, 6.07) is -5.44. The number of urea groups is 1. The molecular weight excluding hydrogens is 544 g/mol. The van der Waals surface area contributed by atoms with Gasteiger partial charge in [0.2, 0.25) is 23.6 Å². The molecule has 0 aromatic heterocycles. The van der Waals surface area contributed by atoms with Crippen molar-refractivity contribution in [1.29, 1.82) is 0 Å². The first-order valence-corrected chi connectivity index (χ1v) is 13.2. The van der Waals surface area contributed by atoms with E-state index in [1.54, 1.807) is 13.8 Å². The van der Waals surface area contributed by atoms with Crippen LogP contribution in [0.25, 0.3) is 0 Å². The molecule has 0 heterocycles. The van der Waals surface area contributed by atoms with E-state index < -0.39 is 78.1 Å². The van der Waals surface area contributed by atoms with Crippen LogP contribution < -0.4 is 44.2 Å². The molecule has 0 aromatic rings. The first-order valence-electron chi connectivity index (χ1n) is 13.2. The molecule has 5 unspecified atom stereocenters. The minimum absolute atomic E-state index is 0.0995. The maximum atomic E-state index is 13.0. The summed E-state index contributed by atoms with van der Waals surface area (Å²) >= 11 is 0. The van der Waals surface area contributed by atoms with Crippen molar-refractivity contribution in [3.63, 3.8) is 0 Å². The van der Waals surface area contributed by atoms with E-state index in [0.717, 1.165) is 6.92 Å². The fourth-order valence-corrected chi connectivity index (χ4v) is 3.32. The monoisotopic (exact) mass is 590 g/mol. The molecule has 17 nitrogen and oxygen atoms in total. The third-order valence-corrected chi connectivity index (χ3v) is 5.74. The number of rotatable bonds is 19. The summed E-state index contributed by atoms with van der Waals surface area (Å²) < 4.78 is 0. The lowest BCUT2D eigenvalue weighted by Gasteiger charge is -2.28. The minimum atomic E-state index is -1.49. The Morgan fingerprint density at radius 1 is 0.805 bits per heavy atom. The Morgan fingerprint density at radius 2 is 1.37 bits per heavy atom. The quantitative estimate of drug-likeness (QED) is 0.0697. The first-order chi connectivity index (χ1) is 19.1. The average Bonchev–Trinajstić information content (AvgIpc) is 2.86. The van der Waals surface area contributed by atoms with Gasteiger partial charge in [0, 0.05) is 13.5 Å². The highest BCUT2D eigenvalue weighted by Crippen LogP contribution is 2.10. The van der Waals surface area contributed by atoms with Gasteiger partial charge in [-0.1, -0.05) is 26.7 Å². The zero-order chi connectivity index (χ0) is 32.1. The molecule has 0 aromatic carbocycles. The molecular formula is C24H46N8O9. The summed E-state index contributed by atoms with van der Waals surface area (Å²) in [5.41, 5.74) is 21.6. The number of nitrogens with two attached hydrogens (primary N) is 4.